The first kappa shape index (κ1) is 10.3. The summed E-state index contributed by atoms with van der Waals surface area (Å²) in [6, 6.07) is 7.39. The Balaban J connectivity index is 1.72. The van der Waals surface area contributed by atoms with E-state index in [-0.39, 0.29) is 0 Å². The molecule has 0 saturated carbocycles. The van der Waals surface area contributed by atoms with Crippen LogP contribution < -0.4 is 0 Å². The van der Waals surface area contributed by atoms with E-state index in [1.807, 2.05) is 12.1 Å². The van der Waals surface area contributed by atoms with Crippen LogP contribution in [0.5, 0.6) is 5.75 Å². The molecular formula is C12H14N4O. The molecule has 17 heavy (non-hydrogen) atoms. The van der Waals surface area contributed by atoms with E-state index in [1.54, 1.807) is 18.5 Å². The van der Waals surface area contributed by atoms with Gasteiger partial charge in [0.1, 0.15) is 17.9 Å². The van der Waals surface area contributed by atoms with E-state index in [1.165, 1.54) is 0 Å². The average molecular weight is 230 g/mol. The highest BCUT2D eigenvalue weighted by Gasteiger charge is 2.17. The standard InChI is InChI=1S/C12H14N4O/c17-11-3-1-2-10(6-11)7-15-4-5-16-9-13-14-12(16)8-15/h1-3,6,9,17H,4-5,7-8H2. The van der Waals surface area contributed by atoms with Crippen molar-refractivity contribution in [2.45, 2.75) is 19.6 Å². The van der Waals surface area contributed by atoms with Crippen LogP contribution in [0.2, 0.25) is 0 Å². The molecule has 2 heterocycles. The lowest BCUT2D eigenvalue weighted by Gasteiger charge is -2.26. The largest absolute Gasteiger partial charge is 0.508 e. The highest BCUT2D eigenvalue weighted by atomic mass is 16.3. The Morgan fingerprint density at radius 2 is 2.24 bits per heavy atom. The molecule has 1 aliphatic rings. The van der Waals surface area contributed by atoms with Crippen molar-refractivity contribution in [2.24, 2.45) is 0 Å². The summed E-state index contributed by atoms with van der Waals surface area (Å²) in [7, 11) is 0. The number of nitrogens with zero attached hydrogens (tertiary/aromatic N) is 4. The summed E-state index contributed by atoms with van der Waals surface area (Å²) < 4.78 is 2.08. The summed E-state index contributed by atoms with van der Waals surface area (Å²) in [5.74, 6) is 1.33. The highest BCUT2D eigenvalue weighted by molar-refractivity contribution is 5.27. The van der Waals surface area contributed by atoms with Crippen LogP contribution >= 0.6 is 0 Å². The summed E-state index contributed by atoms with van der Waals surface area (Å²) in [4.78, 5) is 2.30. The molecule has 0 aliphatic carbocycles. The van der Waals surface area contributed by atoms with Gasteiger partial charge in [0, 0.05) is 19.6 Å². The monoisotopic (exact) mass is 230 g/mol. The average Bonchev–Trinajstić information content (AvgIpc) is 2.76. The fourth-order valence-electron chi connectivity index (χ4n) is 2.16. The molecule has 3 rings (SSSR count). The number of hydrogen-bond acceptors (Lipinski definition) is 4. The van der Waals surface area contributed by atoms with Gasteiger partial charge >= 0.3 is 0 Å². The molecule has 5 heteroatoms. The van der Waals surface area contributed by atoms with Crippen molar-refractivity contribution in [2.75, 3.05) is 6.54 Å². The van der Waals surface area contributed by atoms with Gasteiger partial charge in [0.05, 0.1) is 6.54 Å². The number of phenolic OH excluding ortho intramolecular Hbond substituents is 1. The molecule has 5 nitrogen and oxygen atoms in total. The number of hydrogen-bond donors (Lipinski definition) is 1. The van der Waals surface area contributed by atoms with Crippen LogP contribution in [0, 0.1) is 0 Å². The van der Waals surface area contributed by atoms with Gasteiger partial charge < -0.3 is 9.67 Å². The van der Waals surface area contributed by atoms with Crippen LogP contribution in [-0.4, -0.2) is 31.3 Å². The molecule has 0 saturated heterocycles. The Bertz CT molecular complexity index is 523. The van der Waals surface area contributed by atoms with Crippen LogP contribution in [0.25, 0.3) is 0 Å². The van der Waals surface area contributed by atoms with Gasteiger partial charge in [-0.05, 0) is 17.7 Å². The predicted octanol–water partition coefficient (Wildman–Crippen LogP) is 1.000. The Morgan fingerprint density at radius 3 is 3.12 bits per heavy atom. The molecule has 2 aromatic rings. The minimum atomic E-state index is 0.322. The zero-order valence-electron chi connectivity index (χ0n) is 9.45. The zero-order chi connectivity index (χ0) is 11.7. The lowest BCUT2D eigenvalue weighted by Crippen LogP contribution is -2.33. The predicted molar refractivity (Wildman–Crippen MR) is 62.2 cm³/mol. The second kappa shape index (κ2) is 4.18. The summed E-state index contributed by atoms with van der Waals surface area (Å²) in [6.45, 7) is 3.57. The van der Waals surface area contributed by atoms with Crippen LogP contribution in [0.3, 0.4) is 0 Å². The molecule has 0 atom stereocenters. The van der Waals surface area contributed by atoms with Gasteiger partial charge in [0.25, 0.3) is 0 Å². The van der Waals surface area contributed by atoms with Crippen LogP contribution in [0.15, 0.2) is 30.6 Å². The number of phenols is 1. The van der Waals surface area contributed by atoms with E-state index in [2.05, 4.69) is 19.7 Å². The number of aromatic nitrogens is 3. The smallest absolute Gasteiger partial charge is 0.147 e. The molecule has 0 fully saturated rings. The Hall–Kier alpha value is -1.88. The van der Waals surface area contributed by atoms with Gasteiger partial charge in [-0.1, -0.05) is 12.1 Å². The lowest BCUT2D eigenvalue weighted by molar-refractivity contribution is 0.208. The maximum Gasteiger partial charge on any atom is 0.147 e. The van der Waals surface area contributed by atoms with Crippen molar-refractivity contribution in [3.63, 3.8) is 0 Å². The SMILES string of the molecule is Oc1cccc(CN2CCn3cnnc3C2)c1. The Labute approximate surface area is 99.3 Å². The molecule has 0 radical (unpaired) electrons. The first-order valence-corrected chi connectivity index (χ1v) is 5.68. The lowest BCUT2D eigenvalue weighted by atomic mass is 10.2. The van der Waals surface area contributed by atoms with E-state index in [9.17, 15) is 5.11 Å². The van der Waals surface area contributed by atoms with Crippen LogP contribution in [0.1, 0.15) is 11.4 Å². The maximum atomic E-state index is 9.42. The van der Waals surface area contributed by atoms with Gasteiger partial charge in [0.2, 0.25) is 0 Å². The topological polar surface area (TPSA) is 54.2 Å². The molecule has 0 bridgehead atoms. The minimum absolute atomic E-state index is 0.322. The van der Waals surface area contributed by atoms with Gasteiger partial charge in [-0.3, -0.25) is 4.90 Å². The molecular weight excluding hydrogens is 216 g/mol. The third-order valence-corrected chi connectivity index (χ3v) is 3.03. The number of aromatic hydroxyl groups is 1. The Morgan fingerprint density at radius 1 is 1.29 bits per heavy atom. The number of fused-ring (bicyclic) bond motifs is 1. The van der Waals surface area contributed by atoms with Crippen molar-refractivity contribution in [3.05, 3.63) is 42.0 Å². The first-order chi connectivity index (χ1) is 8.31. The van der Waals surface area contributed by atoms with Crippen LogP contribution in [-0.2, 0) is 19.6 Å². The third-order valence-electron chi connectivity index (χ3n) is 3.03. The van der Waals surface area contributed by atoms with Crippen molar-refractivity contribution in [1.82, 2.24) is 19.7 Å². The van der Waals surface area contributed by atoms with E-state index < -0.39 is 0 Å². The van der Waals surface area contributed by atoms with E-state index in [4.69, 9.17) is 0 Å². The molecule has 0 unspecified atom stereocenters. The van der Waals surface area contributed by atoms with Crippen molar-refractivity contribution >= 4 is 0 Å². The van der Waals surface area contributed by atoms with Crippen LogP contribution in [0.4, 0.5) is 0 Å². The van der Waals surface area contributed by atoms with Gasteiger partial charge in [-0.2, -0.15) is 0 Å². The minimum Gasteiger partial charge on any atom is -0.508 e. The molecule has 1 aliphatic heterocycles. The maximum absolute atomic E-state index is 9.42. The fourth-order valence-corrected chi connectivity index (χ4v) is 2.16. The third kappa shape index (κ3) is 2.14. The summed E-state index contributed by atoms with van der Waals surface area (Å²) in [5.41, 5.74) is 1.12. The zero-order valence-corrected chi connectivity index (χ0v) is 9.45. The van der Waals surface area contributed by atoms with E-state index in [0.29, 0.717) is 5.75 Å². The Kier molecular flexibility index (Phi) is 2.53. The van der Waals surface area contributed by atoms with Gasteiger partial charge in [-0.15, -0.1) is 10.2 Å². The van der Waals surface area contributed by atoms with E-state index in [0.717, 1.165) is 37.6 Å². The highest BCUT2D eigenvalue weighted by Crippen LogP contribution is 2.16. The molecule has 0 spiro atoms. The second-order valence-electron chi connectivity index (χ2n) is 4.32. The van der Waals surface area contributed by atoms with Crippen molar-refractivity contribution < 1.29 is 5.11 Å². The number of benzene rings is 1. The normalized spacial score (nSPS) is 15.8. The second-order valence-corrected chi connectivity index (χ2v) is 4.32. The molecule has 1 aromatic heterocycles. The molecule has 0 amide bonds. The number of rotatable bonds is 2. The van der Waals surface area contributed by atoms with Crippen molar-refractivity contribution in [1.29, 1.82) is 0 Å². The van der Waals surface area contributed by atoms with E-state index >= 15 is 0 Å². The molecule has 1 aromatic carbocycles. The van der Waals surface area contributed by atoms with Crippen molar-refractivity contribution in [3.8, 4) is 5.75 Å². The summed E-state index contributed by atoms with van der Waals surface area (Å²) in [6.07, 6.45) is 1.78. The fraction of sp³-hybridized carbons (Fsp3) is 0.333. The summed E-state index contributed by atoms with van der Waals surface area (Å²) in [5, 5.41) is 17.4. The van der Waals surface area contributed by atoms with Gasteiger partial charge in [0.15, 0.2) is 0 Å². The van der Waals surface area contributed by atoms with Gasteiger partial charge in [-0.25, -0.2) is 0 Å². The first-order valence-electron chi connectivity index (χ1n) is 5.68. The molecule has 88 valence electrons. The summed E-state index contributed by atoms with van der Waals surface area (Å²) >= 11 is 0. The molecule has 1 N–H and O–H groups in total. The quantitative estimate of drug-likeness (QED) is 0.836.